The maximum atomic E-state index is 13.3. The van der Waals surface area contributed by atoms with Gasteiger partial charge in [0.25, 0.3) is 0 Å². The second-order valence-electron chi connectivity index (χ2n) is 8.50. The fourth-order valence-corrected chi connectivity index (χ4v) is 4.32. The third-order valence-electron chi connectivity index (χ3n) is 6.21. The number of nitrogens with one attached hydrogen (secondary N) is 1. The number of carbonyl (C=O) groups excluding carboxylic acids is 2. The summed E-state index contributed by atoms with van der Waals surface area (Å²) in [6.45, 7) is 2.15. The molecular weight excluding hydrogens is 440 g/mol. The van der Waals surface area contributed by atoms with Crippen molar-refractivity contribution in [3.8, 4) is 11.5 Å². The van der Waals surface area contributed by atoms with Gasteiger partial charge in [-0.2, -0.15) is 0 Å². The molecule has 0 radical (unpaired) electrons. The van der Waals surface area contributed by atoms with Gasteiger partial charge in [-0.1, -0.05) is 42.6 Å². The fraction of sp³-hybridized carbons (Fsp3) is 0.462. The molecule has 1 aliphatic rings. The first-order valence-electron chi connectivity index (χ1n) is 11.5. The Hall–Kier alpha value is -2.73. The van der Waals surface area contributed by atoms with Gasteiger partial charge in [0.2, 0.25) is 11.8 Å². The van der Waals surface area contributed by atoms with Crippen LogP contribution < -0.4 is 14.8 Å². The van der Waals surface area contributed by atoms with E-state index in [4.69, 9.17) is 21.1 Å². The van der Waals surface area contributed by atoms with Gasteiger partial charge in [-0.3, -0.25) is 9.59 Å². The molecule has 1 atom stereocenters. The highest BCUT2D eigenvalue weighted by atomic mass is 35.5. The molecule has 2 aromatic carbocycles. The van der Waals surface area contributed by atoms with E-state index in [1.807, 2.05) is 30.3 Å². The highest BCUT2D eigenvalue weighted by molar-refractivity contribution is 6.30. The molecule has 0 bridgehead atoms. The zero-order valence-electron chi connectivity index (χ0n) is 19.6. The molecule has 2 aromatic rings. The standard InChI is InChI=1S/C26H33ClN2O4/c1-18(26(31)28-22-6-4-5-7-22)29(17-20-8-12-21(27)13-9-20)25(30)15-11-19-10-14-23(32-2)24(16-19)33-3/h8-10,12-14,16,18,22H,4-7,11,15,17H2,1-3H3,(H,28,31). The highest BCUT2D eigenvalue weighted by Crippen LogP contribution is 2.28. The first-order chi connectivity index (χ1) is 15.9. The van der Waals surface area contributed by atoms with Crippen molar-refractivity contribution in [2.24, 2.45) is 0 Å². The first-order valence-corrected chi connectivity index (χ1v) is 11.8. The number of halogens is 1. The number of methoxy groups -OCH3 is 2. The summed E-state index contributed by atoms with van der Waals surface area (Å²) in [5.74, 6) is 1.10. The van der Waals surface area contributed by atoms with E-state index in [1.165, 1.54) is 0 Å². The minimum Gasteiger partial charge on any atom is -0.493 e. The van der Waals surface area contributed by atoms with Crippen molar-refractivity contribution in [1.29, 1.82) is 0 Å². The summed E-state index contributed by atoms with van der Waals surface area (Å²) in [4.78, 5) is 27.9. The van der Waals surface area contributed by atoms with E-state index >= 15 is 0 Å². The highest BCUT2D eigenvalue weighted by Gasteiger charge is 2.28. The number of aryl methyl sites for hydroxylation is 1. The minimum atomic E-state index is -0.570. The molecule has 0 saturated heterocycles. The second kappa shape index (κ2) is 11.9. The zero-order valence-corrected chi connectivity index (χ0v) is 20.4. The van der Waals surface area contributed by atoms with Crippen LogP contribution in [-0.2, 0) is 22.6 Å². The zero-order chi connectivity index (χ0) is 23.8. The van der Waals surface area contributed by atoms with Crippen LogP contribution in [0.3, 0.4) is 0 Å². The van der Waals surface area contributed by atoms with E-state index in [0.29, 0.717) is 29.5 Å². The third-order valence-corrected chi connectivity index (χ3v) is 6.46. The van der Waals surface area contributed by atoms with E-state index in [-0.39, 0.29) is 24.3 Å². The molecule has 6 nitrogen and oxygen atoms in total. The molecule has 3 rings (SSSR count). The van der Waals surface area contributed by atoms with Gasteiger partial charge in [0.15, 0.2) is 11.5 Å². The Morgan fingerprint density at radius 1 is 1.03 bits per heavy atom. The Morgan fingerprint density at radius 2 is 1.67 bits per heavy atom. The molecule has 1 unspecified atom stereocenters. The lowest BCUT2D eigenvalue weighted by Gasteiger charge is -2.30. The molecule has 0 heterocycles. The molecule has 0 aromatic heterocycles. The molecule has 7 heteroatoms. The van der Waals surface area contributed by atoms with Gasteiger partial charge in [0.05, 0.1) is 14.2 Å². The number of amides is 2. The lowest BCUT2D eigenvalue weighted by atomic mass is 10.1. The number of benzene rings is 2. The molecular formula is C26H33ClN2O4. The molecule has 2 amide bonds. The quantitative estimate of drug-likeness (QED) is 0.541. The smallest absolute Gasteiger partial charge is 0.242 e. The van der Waals surface area contributed by atoms with E-state index in [9.17, 15) is 9.59 Å². The summed E-state index contributed by atoms with van der Waals surface area (Å²) in [6.07, 6.45) is 5.10. The molecule has 1 N–H and O–H groups in total. The van der Waals surface area contributed by atoms with Crippen molar-refractivity contribution < 1.29 is 19.1 Å². The van der Waals surface area contributed by atoms with Crippen LogP contribution in [0.4, 0.5) is 0 Å². The van der Waals surface area contributed by atoms with Crippen molar-refractivity contribution >= 4 is 23.4 Å². The van der Waals surface area contributed by atoms with Gasteiger partial charge >= 0.3 is 0 Å². The molecule has 1 aliphatic carbocycles. The Balaban J connectivity index is 1.71. The average Bonchev–Trinajstić information content (AvgIpc) is 3.34. The predicted octanol–water partition coefficient (Wildman–Crippen LogP) is 4.77. The molecule has 0 spiro atoms. The lowest BCUT2D eigenvalue weighted by Crippen LogP contribution is -2.49. The van der Waals surface area contributed by atoms with Gasteiger partial charge < -0.3 is 19.7 Å². The fourth-order valence-electron chi connectivity index (χ4n) is 4.19. The van der Waals surface area contributed by atoms with Crippen LogP contribution in [0.5, 0.6) is 11.5 Å². The van der Waals surface area contributed by atoms with Gasteiger partial charge in [0, 0.05) is 24.0 Å². The normalized spacial score (nSPS) is 14.5. The molecule has 0 aliphatic heterocycles. The maximum Gasteiger partial charge on any atom is 0.242 e. The summed E-state index contributed by atoms with van der Waals surface area (Å²) >= 11 is 6.02. The van der Waals surface area contributed by atoms with E-state index in [2.05, 4.69) is 5.32 Å². The van der Waals surface area contributed by atoms with Crippen LogP contribution >= 0.6 is 11.6 Å². The third kappa shape index (κ3) is 6.87. The molecule has 33 heavy (non-hydrogen) atoms. The van der Waals surface area contributed by atoms with E-state index in [1.54, 1.807) is 38.2 Å². The maximum absolute atomic E-state index is 13.3. The summed E-state index contributed by atoms with van der Waals surface area (Å²) in [7, 11) is 3.18. The average molecular weight is 473 g/mol. The monoisotopic (exact) mass is 472 g/mol. The molecule has 178 valence electrons. The number of nitrogens with zero attached hydrogens (tertiary/aromatic N) is 1. The van der Waals surface area contributed by atoms with Crippen molar-refractivity contribution in [1.82, 2.24) is 10.2 Å². The van der Waals surface area contributed by atoms with Crippen molar-refractivity contribution in [3.05, 3.63) is 58.6 Å². The van der Waals surface area contributed by atoms with Crippen LogP contribution in [0, 0.1) is 0 Å². The second-order valence-corrected chi connectivity index (χ2v) is 8.94. The van der Waals surface area contributed by atoms with Crippen molar-refractivity contribution in [2.45, 2.75) is 64.1 Å². The number of carbonyl (C=O) groups is 2. The Kier molecular flexibility index (Phi) is 9.01. The predicted molar refractivity (Wildman–Crippen MR) is 130 cm³/mol. The van der Waals surface area contributed by atoms with Crippen LogP contribution in [0.25, 0.3) is 0 Å². The largest absolute Gasteiger partial charge is 0.493 e. The van der Waals surface area contributed by atoms with Gasteiger partial charge in [-0.15, -0.1) is 0 Å². The number of hydrogen-bond acceptors (Lipinski definition) is 4. The summed E-state index contributed by atoms with van der Waals surface area (Å²) < 4.78 is 10.7. The van der Waals surface area contributed by atoms with E-state index < -0.39 is 6.04 Å². The number of ether oxygens (including phenoxy) is 2. The number of hydrogen-bond donors (Lipinski definition) is 1. The topological polar surface area (TPSA) is 67.9 Å². The Morgan fingerprint density at radius 3 is 2.30 bits per heavy atom. The number of rotatable bonds is 10. The van der Waals surface area contributed by atoms with Crippen molar-refractivity contribution in [3.63, 3.8) is 0 Å². The molecule has 1 saturated carbocycles. The van der Waals surface area contributed by atoms with Crippen LogP contribution in [-0.4, -0.2) is 43.0 Å². The Bertz CT molecular complexity index is 942. The van der Waals surface area contributed by atoms with Gasteiger partial charge in [-0.25, -0.2) is 0 Å². The first kappa shape index (κ1) is 24.9. The van der Waals surface area contributed by atoms with Gasteiger partial charge in [-0.05, 0) is 61.6 Å². The van der Waals surface area contributed by atoms with E-state index in [0.717, 1.165) is 36.8 Å². The van der Waals surface area contributed by atoms with Crippen LogP contribution in [0.2, 0.25) is 5.02 Å². The summed E-state index contributed by atoms with van der Waals surface area (Å²) in [6, 6.07) is 12.6. The summed E-state index contributed by atoms with van der Waals surface area (Å²) in [5, 5.41) is 3.76. The summed E-state index contributed by atoms with van der Waals surface area (Å²) in [5.41, 5.74) is 1.90. The minimum absolute atomic E-state index is 0.0752. The van der Waals surface area contributed by atoms with Crippen LogP contribution in [0.15, 0.2) is 42.5 Å². The molecule has 1 fully saturated rings. The Labute approximate surface area is 201 Å². The van der Waals surface area contributed by atoms with Crippen LogP contribution in [0.1, 0.15) is 50.2 Å². The van der Waals surface area contributed by atoms with Crippen molar-refractivity contribution in [2.75, 3.05) is 14.2 Å². The lowest BCUT2D eigenvalue weighted by molar-refractivity contribution is -0.140. The van der Waals surface area contributed by atoms with Gasteiger partial charge in [0.1, 0.15) is 6.04 Å². The SMILES string of the molecule is COc1ccc(CCC(=O)N(Cc2ccc(Cl)cc2)C(C)C(=O)NC2CCCC2)cc1OC.